The summed E-state index contributed by atoms with van der Waals surface area (Å²) >= 11 is 17.2. The summed E-state index contributed by atoms with van der Waals surface area (Å²) in [5.41, 5.74) is 2.41. The Morgan fingerprint density at radius 3 is 0.844 bits per heavy atom. The van der Waals surface area contributed by atoms with E-state index in [1.165, 1.54) is 93.9 Å². The second kappa shape index (κ2) is 34.7. The summed E-state index contributed by atoms with van der Waals surface area (Å²) in [5.74, 6) is -6.15. The number of ether oxygens (including phenoxy) is 3. The second-order valence-corrected chi connectivity index (χ2v) is 26.9. The summed E-state index contributed by atoms with van der Waals surface area (Å²) in [5, 5.41) is 33.1. The summed E-state index contributed by atoms with van der Waals surface area (Å²) in [6, 6.07) is 24.3. The molecule has 9 rings (SSSR count). The maximum atomic E-state index is 13.3. The van der Waals surface area contributed by atoms with Crippen LogP contribution in [0.15, 0.2) is 127 Å². The van der Waals surface area contributed by atoms with Crippen LogP contribution in [0.1, 0.15) is 76.4 Å². The highest BCUT2D eigenvalue weighted by Gasteiger charge is 2.43. The molecule has 3 aliphatic rings. The first-order valence-electron chi connectivity index (χ1n) is 27.1. The number of carbonyl (C=O) groups excluding carboxylic acids is 3. The highest BCUT2D eigenvalue weighted by Crippen LogP contribution is 2.34. The molecule has 0 radical (unpaired) electrons. The van der Waals surface area contributed by atoms with Gasteiger partial charge in [0.25, 0.3) is 30.6 Å². The Morgan fingerprint density at radius 1 is 0.427 bits per heavy atom. The van der Waals surface area contributed by atoms with E-state index < -0.39 is 140 Å². The van der Waals surface area contributed by atoms with Crippen LogP contribution in [0.4, 0.5) is 30.2 Å². The van der Waals surface area contributed by atoms with Crippen LogP contribution in [0, 0.1) is 17.5 Å². The van der Waals surface area contributed by atoms with Crippen LogP contribution in [0.3, 0.4) is 0 Å². The molecule has 2 unspecified atom stereocenters. The molecule has 6 aromatic rings. The van der Waals surface area contributed by atoms with E-state index in [1.807, 2.05) is 0 Å². The molecule has 3 aliphatic heterocycles. The lowest BCUT2D eigenvalue weighted by Crippen LogP contribution is -2.55. The number of amides is 3. The molecule has 0 aliphatic carbocycles. The van der Waals surface area contributed by atoms with Crippen molar-refractivity contribution in [3.63, 3.8) is 0 Å². The number of nitrogens with zero attached hydrogens (tertiary/aromatic N) is 3. The van der Waals surface area contributed by atoms with Gasteiger partial charge in [-0.3, -0.25) is 14.4 Å². The molecule has 3 fully saturated rings. The van der Waals surface area contributed by atoms with E-state index in [4.69, 9.17) is 64.3 Å². The fourth-order valence-electron chi connectivity index (χ4n) is 9.20. The zero-order valence-electron chi connectivity index (χ0n) is 48.6. The molecular formula is C60H69Cl3F3N9O18S3. The Kier molecular flexibility index (Phi) is 29.0. The van der Waals surface area contributed by atoms with Crippen LogP contribution in [0.25, 0.3) is 0 Å². The third kappa shape index (κ3) is 21.7. The van der Waals surface area contributed by atoms with Gasteiger partial charge in [-0.2, -0.15) is 52.3 Å². The summed E-state index contributed by atoms with van der Waals surface area (Å²) in [7, 11) is -8.05. The third-order valence-electron chi connectivity index (χ3n) is 14.1. The Labute approximate surface area is 567 Å². The van der Waals surface area contributed by atoms with Gasteiger partial charge in [-0.1, -0.05) is 93.5 Å². The number of hydrogen-bond acceptors (Lipinski definition) is 15. The maximum Gasteiger partial charge on any atom is 0.341 e. The van der Waals surface area contributed by atoms with Crippen molar-refractivity contribution >= 4 is 118 Å². The number of hydrogen-bond donors (Lipinski definition) is 9. The van der Waals surface area contributed by atoms with Crippen molar-refractivity contribution in [2.75, 3.05) is 56.9 Å². The summed E-state index contributed by atoms with van der Waals surface area (Å²) < 4.78 is 141. The van der Waals surface area contributed by atoms with E-state index in [-0.39, 0.29) is 73.7 Å². The van der Waals surface area contributed by atoms with Crippen molar-refractivity contribution < 1.29 is 96.7 Å². The molecule has 3 heterocycles. The molecule has 0 bridgehead atoms. The van der Waals surface area contributed by atoms with Crippen LogP contribution < -0.4 is 44.3 Å². The molecule has 96 heavy (non-hydrogen) atoms. The topological polar surface area (TPSA) is 375 Å². The average Bonchev–Trinajstić information content (AvgIpc) is 0.794. The number of nitrogens with one attached hydrogen (secondary N) is 6. The predicted octanol–water partition coefficient (Wildman–Crippen LogP) is 8.39. The Morgan fingerprint density at radius 2 is 0.646 bits per heavy atom. The molecule has 36 heteroatoms. The van der Waals surface area contributed by atoms with E-state index in [2.05, 4.69) is 30.1 Å². The lowest BCUT2D eigenvalue weighted by atomic mass is 9.99. The van der Waals surface area contributed by atoms with Gasteiger partial charge >= 0.3 is 17.9 Å². The SMILES string of the molecule is C.C.C.CN1C(C(=O)Nc2ccc(F)c(Cl)c2)CC(c2ccc(OCC(=O)O)cc2)NS1(=O)=O.CN1[C@@H](C(=O)Nc2ccc(F)c(Cl)c2)C[C@@H](c2ccc(OCC(=O)O)cc2)NS1(=O)=O.CN1[C@H](C(=O)Nc2ccc(F)c(Cl)c2)C[C@H](c2ccc(OCC(=O)O)cc2)NS1(=O)=O. The lowest BCUT2D eigenvalue weighted by Gasteiger charge is -2.36. The zero-order chi connectivity index (χ0) is 68.3. The minimum absolute atomic E-state index is 0. The molecule has 0 saturated carbocycles. The Bertz CT molecular complexity index is 3710. The molecule has 27 nitrogen and oxygen atoms in total. The standard InChI is InChI=1S/3C19H19ClFN3O6S.3CH4/c3*1-24-17(19(27)22-12-4-7-15(21)14(20)8-12)9-16(23-31(24,28)29)11-2-5-13(6-3-11)30-10-18(25)26;;;/h3*2-8,16-17,23H,9-10H2,1H3,(H,22,27)(H,25,26);3*1H4/t2*16-,17+;;;;/m10..../s1. The number of aliphatic carboxylic acids is 3. The molecule has 9 N–H and O–H groups in total. The monoisotopic (exact) mass is 1460 g/mol. The molecule has 0 spiro atoms. The number of benzene rings is 6. The molecule has 6 aromatic carbocycles. The van der Waals surface area contributed by atoms with Crippen molar-refractivity contribution in [2.24, 2.45) is 0 Å². The highest BCUT2D eigenvalue weighted by molar-refractivity contribution is 7.87. The van der Waals surface area contributed by atoms with E-state index in [0.29, 0.717) is 33.9 Å². The number of rotatable bonds is 18. The number of carboxylic acids is 3. The smallest absolute Gasteiger partial charge is 0.341 e. The van der Waals surface area contributed by atoms with Gasteiger partial charge in [0.1, 0.15) is 52.8 Å². The first-order chi connectivity index (χ1) is 43.7. The van der Waals surface area contributed by atoms with Gasteiger partial charge in [-0.15, -0.1) is 0 Å². The number of anilines is 3. The van der Waals surface area contributed by atoms with Crippen LogP contribution in [-0.2, 0) is 59.4 Å². The first kappa shape index (κ1) is 80.2. The minimum Gasteiger partial charge on any atom is -0.482 e. The summed E-state index contributed by atoms with van der Waals surface area (Å²) in [6.45, 7) is -1.51. The molecule has 3 amide bonds. The van der Waals surface area contributed by atoms with Crippen molar-refractivity contribution in [1.29, 1.82) is 0 Å². The van der Waals surface area contributed by atoms with Gasteiger partial charge in [0.2, 0.25) is 17.7 Å². The van der Waals surface area contributed by atoms with E-state index in [9.17, 15) is 67.2 Å². The van der Waals surface area contributed by atoms with Gasteiger partial charge in [0.05, 0.1) is 15.1 Å². The molecular weight excluding hydrogens is 1390 g/mol. The summed E-state index contributed by atoms with van der Waals surface area (Å²) in [4.78, 5) is 70.1. The normalized spacial score (nSPS) is 20.1. The highest BCUT2D eigenvalue weighted by atomic mass is 35.5. The van der Waals surface area contributed by atoms with Gasteiger partial charge in [-0.05, 0) is 127 Å². The summed E-state index contributed by atoms with van der Waals surface area (Å²) in [6.07, 6.45) is 0.351. The molecule has 0 aromatic heterocycles. The van der Waals surface area contributed by atoms with Gasteiger partial charge in [0.15, 0.2) is 19.8 Å². The van der Waals surface area contributed by atoms with Gasteiger partial charge < -0.3 is 45.5 Å². The molecule has 6 atom stereocenters. The predicted molar refractivity (Wildman–Crippen MR) is 352 cm³/mol. The first-order valence-corrected chi connectivity index (χ1v) is 32.5. The Balaban J connectivity index is 0.000000302. The average molecular weight is 1460 g/mol. The van der Waals surface area contributed by atoms with Gasteiger partial charge in [-0.25, -0.2) is 27.6 Å². The van der Waals surface area contributed by atoms with Crippen molar-refractivity contribution in [2.45, 2.75) is 77.8 Å². The van der Waals surface area contributed by atoms with Crippen LogP contribution in [0.5, 0.6) is 17.2 Å². The fraction of sp³-hybridized carbons (Fsp3) is 0.300. The zero-order valence-corrected chi connectivity index (χ0v) is 53.3. The van der Waals surface area contributed by atoms with Gasteiger partial charge in [0, 0.05) is 56.3 Å². The number of carboxylic acid groups (broad SMARTS) is 3. The van der Waals surface area contributed by atoms with Crippen LogP contribution in [0.2, 0.25) is 15.1 Å². The van der Waals surface area contributed by atoms with Crippen LogP contribution in [-0.4, -0.2) is 148 Å². The van der Waals surface area contributed by atoms with E-state index in [1.54, 1.807) is 36.4 Å². The van der Waals surface area contributed by atoms with Crippen molar-refractivity contribution in [3.8, 4) is 17.2 Å². The van der Waals surface area contributed by atoms with E-state index in [0.717, 1.165) is 31.1 Å². The van der Waals surface area contributed by atoms with Crippen molar-refractivity contribution in [3.05, 3.63) is 177 Å². The Hall–Kier alpha value is -8.19. The molecule has 522 valence electrons. The molecule has 3 saturated heterocycles. The number of likely N-dealkylation sites (N-methyl/N-ethyl adjacent to an activating group) is 3. The van der Waals surface area contributed by atoms with E-state index >= 15 is 0 Å². The second-order valence-electron chi connectivity index (χ2n) is 20.4. The third-order valence-corrected chi connectivity index (χ3v) is 19.8. The fourth-order valence-corrected chi connectivity index (χ4v) is 13.6. The quantitative estimate of drug-likeness (QED) is 0.0390. The lowest BCUT2D eigenvalue weighted by molar-refractivity contribution is -0.140. The largest absolute Gasteiger partial charge is 0.482 e. The number of halogens is 6. The minimum atomic E-state index is -3.96. The van der Waals surface area contributed by atoms with Crippen molar-refractivity contribution in [1.82, 2.24) is 27.1 Å². The van der Waals surface area contributed by atoms with Crippen LogP contribution >= 0.6 is 34.8 Å². The number of carbonyl (C=O) groups is 6. The maximum absolute atomic E-state index is 13.3.